The van der Waals surface area contributed by atoms with Gasteiger partial charge in [-0.3, -0.25) is 10.6 Å². The van der Waals surface area contributed by atoms with Crippen LogP contribution in [-0.4, -0.2) is 17.5 Å². The van der Waals surface area contributed by atoms with Crippen molar-refractivity contribution in [2.24, 2.45) is 23.3 Å². The summed E-state index contributed by atoms with van der Waals surface area (Å²) >= 11 is 1.95. The lowest BCUT2D eigenvalue weighted by Gasteiger charge is -2.27. The van der Waals surface area contributed by atoms with Crippen molar-refractivity contribution in [2.45, 2.75) is 11.5 Å². The average Bonchev–Trinajstić information content (AvgIpc) is 2.13. The summed E-state index contributed by atoms with van der Waals surface area (Å²) in [5.74, 6) is 7.66. The second-order valence-electron chi connectivity index (χ2n) is 1.90. The summed E-state index contributed by atoms with van der Waals surface area (Å²) in [6.45, 7) is 0. The molecular formula is C3H10IN4O3P. The van der Waals surface area contributed by atoms with Crippen LogP contribution in [0.2, 0.25) is 0 Å². The maximum atomic E-state index is 10.9. The van der Waals surface area contributed by atoms with Gasteiger partial charge in [0.05, 0.1) is 5.78 Å². The molecule has 0 saturated carbocycles. The minimum Gasteiger partial charge on any atom is -0.370 e. The van der Waals surface area contributed by atoms with Crippen LogP contribution in [-0.2, 0) is 14.5 Å². The summed E-state index contributed by atoms with van der Waals surface area (Å²) in [7, 11) is 0. The number of carbonyl (C=O) groups excluding carboxylic acids is 1. The first-order valence-corrected chi connectivity index (χ1v) is 6.91. The third-order valence-electron chi connectivity index (χ3n) is 1.20. The highest BCUT2D eigenvalue weighted by Gasteiger charge is 2.43. The summed E-state index contributed by atoms with van der Waals surface area (Å²) in [6, 6.07) is 0. The van der Waals surface area contributed by atoms with Crippen LogP contribution >= 0.6 is 28.3 Å². The van der Waals surface area contributed by atoms with E-state index in [2.05, 4.69) is 15.6 Å². The molecule has 0 heterocycles. The van der Waals surface area contributed by atoms with Gasteiger partial charge in [0.1, 0.15) is 0 Å². The quantitative estimate of drug-likeness (QED) is 0.209. The van der Waals surface area contributed by atoms with E-state index >= 15 is 0 Å². The molecule has 0 spiro atoms. The lowest BCUT2D eigenvalue weighted by Crippen LogP contribution is -2.63. The van der Waals surface area contributed by atoms with Crippen molar-refractivity contribution < 1.29 is 14.5 Å². The van der Waals surface area contributed by atoms with Crippen LogP contribution in [0, 0.1) is 0 Å². The van der Waals surface area contributed by atoms with Crippen molar-refractivity contribution >= 4 is 34.2 Å². The number of nitrogens with two attached hydrogens (primary N) is 4. The zero-order valence-corrected chi connectivity index (χ0v) is 9.15. The number of carbonyl (C=O) groups is 1. The Hall–Kier alpha value is 0.430. The van der Waals surface area contributed by atoms with Crippen molar-refractivity contribution in [2.75, 3.05) is 0 Å². The molecule has 0 saturated heterocycles. The van der Waals surface area contributed by atoms with E-state index < -0.39 is 17.5 Å². The Balaban J connectivity index is 4.54. The van der Waals surface area contributed by atoms with E-state index in [4.69, 9.17) is 17.4 Å². The van der Waals surface area contributed by atoms with E-state index in [1.807, 2.05) is 22.0 Å². The summed E-state index contributed by atoms with van der Waals surface area (Å²) in [4.78, 5) is 19.0. The molecule has 9 heteroatoms. The summed E-state index contributed by atoms with van der Waals surface area (Å²) in [5.41, 5.74) is 8.97. The van der Waals surface area contributed by atoms with Crippen molar-refractivity contribution in [3.05, 3.63) is 0 Å². The van der Waals surface area contributed by atoms with Crippen molar-refractivity contribution in [3.8, 4) is 0 Å². The van der Waals surface area contributed by atoms with Crippen LogP contribution in [0.4, 0.5) is 0 Å². The van der Waals surface area contributed by atoms with Gasteiger partial charge in [0.25, 0.3) is 5.72 Å². The van der Waals surface area contributed by atoms with Crippen LogP contribution in [0.15, 0.2) is 0 Å². The Labute approximate surface area is 83.6 Å². The van der Waals surface area contributed by atoms with Crippen LogP contribution in [0.25, 0.3) is 0 Å². The fraction of sp³-hybridized carbons (Fsp3) is 0.667. The summed E-state index contributed by atoms with van der Waals surface area (Å²) in [5, 5.41) is 0. The average molecular weight is 308 g/mol. The normalized spacial score (nSPS) is 19.1. The first kappa shape index (κ1) is 12.4. The zero-order chi connectivity index (χ0) is 9.78. The molecule has 0 aromatic heterocycles. The van der Waals surface area contributed by atoms with Crippen molar-refractivity contribution in [1.29, 1.82) is 0 Å². The Morgan fingerprint density at radius 3 is 2.33 bits per heavy atom. The van der Waals surface area contributed by atoms with Gasteiger partial charge in [0.15, 0.2) is 0 Å². The van der Waals surface area contributed by atoms with Gasteiger partial charge in [-0.15, -0.1) is 0 Å². The standard InChI is InChI=1S/C3H10IN4O3P/c4-12-1(5)3(6,11-8)2(9)10-7/h1,12H,5-8H2. The highest BCUT2D eigenvalue weighted by Crippen LogP contribution is 2.30. The SMILES string of the molecule is NOC(=O)C(N)(ON)C(N)PI. The summed E-state index contributed by atoms with van der Waals surface area (Å²) in [6.07, 6.45) is 0.147. The van der Waals surface area contributed by atoms with Gasteiger partial charge >= 0.3 is 5.97 Å². The fourth-order valence-electron chi connectivity index (χ4n) is 0.422. The maximum Gasteiger partial charge on any atom is 0.376 e. The predicted octanol–water partition coefficient (Wildman–Crippen LogP) is -1.74. The first-order valence-electron chi connectivity index (χ1n) is 2.72. The van der Waals surface area contributed by atoms with E-state index in [-0.39, 0.29) is 6.22 Å². The number of hydrogen-bond acceptors (Lipinski definition) is 7. The third-order valence-corrected chi connectivity index (χ3v) is 3.88. The van der Waals surface area contributed by atoms with E-state index in [9.17, 15) is 4.79 Å². The van der Waals surface area contributed by atoms with E-state index in [1.165, 1.54) is 0 Å². The largest absolute Gasteiger partial charge is 0.376 e. The van der Waals surface area contributed by atoms with Crippen LogP contribution in [0.1, 0.15) is 0 Å². The van der Waals surface area contributed by atoms with E-state index in [0.717, 1.165) is 0 Å². The Bertz CT molecular complexity index is 172. The molecule has 8 N–H and O–H groups in total. The Morgan fingerprint density at radius 1 is 1.58 bits per heavy atom. The monoisotopic (exact) mass is 308 g/mol. The van der Waals surface area contributed by atoms with Gasteiger partial charge in [0.2, 0.25) is 0 Å². The molecule has 0 aliphatic heterocycles. The maximum absolute atomic E-state index is 10.9. The lowest BCUT2D eigenvalue weighted by atomic mass is 10.2. The first-order chi connectivity index (χ1) is 5.52. The highest BCUT2D eigenvalue weighted by molar-refractivity contribution is 14.2. The molecule has 72 valence electrons. The molecule has 0 aliphatic carbocycles. The Morgan fingerprint density at radius 2 is 2.08 bits per heavy atom. The highest BCUT2D eigenvalue weighted by atomic mass is 127. The predicted molar refractivity (Wildman–Crippen MR) is 52.8 cm³/mol. The number of halogens is 1. The van der Waals surface area contributed by atoms with E-state index in [0.29, 0.717) is 0 Å². The number of hydrogen-bond donors (Lipinski definition) is 4. The number of rotatable bonds is 4. The van der Waals surface area contributed by atoms with Crippen LogP contribution < -0.4 is 23.3 Å². The molecule has 3 unspecified atom stereocenters. The Kier molecular flexibility index (Phi) is 5.41. The topological polar surface area (TPSA) is 140 Å². The van der Waals surface area contributed by atoms with Crippen molar-refractivity contribution in [3.63, 3.8) is 0 Å². The van der Waals surface area contributed by atoms with Crippen molar-refractivity contribution in [1.82, 2.24) is 0 Å². The second kappa shape index (κ2) is 5.22. The minimum atomic E-state index is -1.87. The minimum absolute atomic E-state index is 0.147. The molecule has 0 radical (unpaired) electrons. The summed E-state index contributed by atoms with van der Waals surface area (Å²) < 4.78 is 0. The molecule has 0 amide bonds. The zero-order valence-electron chi connectivity index (χ0n) is 5.99. The fourth-order valence-corrected chi connectivity index (χ4v) is 2.16. The molecule has 0 aromatic carbocycles. The van der Waals surface area contributed by atoms with Gasteiger partial charge in [-0.2, -0.15) is 5.90 Å². The van der Waals surface area contributed by atoms with E-state index in [1.54, 1.807) is 0 Å². The van der Waals surface area contributed by atoms with Crippen LogP contribution in [0.3, 0.4) is 0 Å². The lowest BCUT2D eigenvalue weighted by molar-refractivity contribution is -0.173. The van der Waals surface area contributed by atoms with Gasteiger partial charge < -0.3 is 10.6 Å². The molecule has 0 bridgehead atoms. The third kappa shape index (κ3) is 2.46. The van der Waals surface area contributed by atoms with Gasteiger partial charge in [-0.1, -0.05) is 22.0 Å². The molecule has 0 rings (SSSR count). The molecule has 3 atom stereocenters. The van der Waals surface area contributed by atoms with Crippen LogP contribution in [0.5, 0.6) is 0 Å². The molecule has 0 aromatic rings. The smallest absolute Gasteiger partial charge is 0.370 e. The molecule has 7 nitrogen and oxygen atoms in total. The van der Waals surface area contributed by atoms with Gasteiger partial charge in [-0.05, 0) is 6.22 Å². The molecule has 0 fully saturated rings. The van der Waals surface area contributed by atoms with Gasteiger partial charge in [0, 0.05) is 0 Å². The van der Waals surface area contributed by atoms with Gasteiger partial charge in [-0.25, -0.2) is 10.7 Å². The second-order valence-corrected chi connectivity index (χ2v) is 4.61. The molecular weight excluding hydrogens is 298 g/mol. The molecule has 12 heavy (non-hydrogen) atoms. The molecule has 0 aliphatic rings.